The Morgan fingerprint density at radius 3 is 2.54 bits per heavy atom. The number of nitrogens with zero attached hydrogens (tertiary/aromatic N) is 3. The zero-order valence-corrected chi connectivity index (χ0v) is 16.1. The first-order valence-corrected chi connectivity index (χ1v) is 9.50. The van der Waals surface area contributed by atoms with Crippen molar-refractivity contribution in [3.8, 4) is 11.4 Å². The Balaban J connectivity index is 1.78. The van der Waals surface area contributed by atoms with Crippen molar-refractivity contribution in [3.63, 3.8) is 0 Å². The van der Waals surface area contributed by atoms with E-state index in [9.17, 15) is 9.59 Å². The second-order valence-electron chi connectivity index (χ2n) is 7.01. The lowest BCUT2D eigenvalue weighted by atomic mass is 9.98. The van der Waals surface area contributed by atoms with Gasteiger partial charge in [-0.05, 0) is 56.6 Å². The highest BCUT2D eigenvalue weighted by molar-refractivity contribution is 6.00. The molecular formula is C20H24N4O4. The molecule has 1 saturated heterocycles. The van der Waals surface area contributed by atoms with Crippen LogP contribution in [0.3, 0.4) is 0 Å². The highest BCUT2D eigenvalue weighted by atomic mass is 16.5. The fourth-order valence-electron chi connectivity index (χ4n) is 4.01. The SMILES string of the molecule is COC(=O)c1nn(-c2ccc(OC)cc2)c2c1CCN(C1CCNCC1)C2=O. The van der Waals surface area contributed by atoms with Gasteiger partial charge in [-0.25, -0.2) is 9.48 Å². The molecule has 2 aliphatic heterocycles. The Labute approximate surface area is 163 Å². The molecule has 4 rings (SSSR count). The van der Waals surface area contributed by atoms with Crippen molar-refractivity contribution < 1.29 is 19.1 Å². The van der Waals surface area contributed by atoms with Crippen LogP contribution in [0.1, 0.15) is 39.4 Å². The van der Waals surface area contributed by atoms with Gasteiger partial charge in [0.05, 0.1) is 19.9 Å². The summed E-state index contributed by atoms with van der Waals surface area (Å²) in [7, 11) is 2.92. The maximum Gasteiger partial charge on any atom is 0.358 e. The van der Waals surface area contributed by atoms with E-state index in [4.69, 9.17) is 9.47 Å². The number of methoxy groups -OCH3 is 2. The van der Waals surface area contributed by atoms with Crippen LogP contribution in [0.25, 0.3) is 5.69 Å². The van der Waals surface area contributed by atoms with Gasteiger partial charge >= 0.3 is 5.97 Å². The van der Waals surface area contributed by atoms with Gasteiger partial charge < -0.3 is 19.7 Å². The number of rotatable bonds is 4. The maximum absolute atomic E-state index is 13.4. The van der Waals surface area contributed by atoms with Gasteiger partial charge in [0.15, 0.2) is 5.69 Å². The van der Waals surface area contributed by atoms with E-state index >= 15 is 0 Å². The summed E-state index contributed by atoms with van der Waals surface area (Å²) in [4.78, 5) is 27.6. The molecule has 8 nitrogen and oxygen atoms in total. The number of amides is 1. The summed E-state index contributed by atoms with van der Waals surface area (Å²) >= 11 is 0. The smallest absolute Gasteiger partial charge is 0.358 e. The molecule has 0 aliphatic carbocycles. The van der Waals surface area contributed by atoms with Gasteiger partial charge in [-0.15, -0.1) is 0 Å². The van der Waals surface area contributed by atoms with E-state index in [1.54, 1.807) is 23.9 Å². The van der Waals surface area contributed by atoms with E-state index in [0.29, 0.717) is 35.7 Å². The summed E-state index contributed by atoms with van der Waals surface area (Å²) in [5, 5.41) is 7.79. The quantitative estimate of drug-likeness (QED) is 0.803. The Hall–Kier alpha value is -2.87. The van der Waals surface area contributed by atoms with Gasteiger partial charge in [0.25, 0.3) is 5.91 Å². The molecule has 0 radical (unpaired) electrons. The number of aromatic nitrogens is 2. The van der Waals surface area contributed by atoms with E-state index < -0.39 is 5.97 Å². The second kappa shape index (κ2) is 7.63. The number of esters is 1. The molecule has 8 heteroatoms. The van der Waals surface area contributed by atoms with Crippen LogP contribution < -0.4 is 10.1 Å². The highest BCUT2D eigenvalue weighted by Gasteiger charge is 2.37. The summed E-state index contributed by atoms with van der Waals surface area (Å²) in [6.45, 7) is 2.41. The summed E-state index contributed by atoms with van der Waals surface area (Å²) in [6.07, 6.45) is 2.45. The first kappa shape index (κ1) is 18.5. The number of carbonyl (C=O) groups excluding carboxylic acids is 2. The second-order valence-corrected chi connectivity index (χ2v) is 7.01. The number of piperidine rings is 1. The lowest BCUT2D eigenvalue weighted by Gasteiger charge is -2.37. The summed E-state index contributed by atoms with van der Waals surface area (Å²) in [5.41, 5.74) is 2.03. The van der Waals surface area contributed by atoms with Crippen molar-refractivity contribution in [2.75, 3.05) is 33.9 Å². The number of hydrogen-bond acceptors (Lipinski definition) is 6. The van der Waals surface area contributed by atoms with E-state index in [1.165, 1.54) is 7.11 Å². The van der Waals surface area contributed by atoms with E-state index in [1.807, 2.05) is 17.0 Å². The van der Waals surface area contributed by atoms with Crippen LogP contribution in [-0.4, -0.2) is 66.5 Å². The number of ether oxygens (including phenoxy) is 2. The number of hydrogen-bond donors (Lipinski definition) is 1. The summed E-state index contributed by atoms with van der Waals surface area (Å²) in [5.74, 6) is 0.110. The number of carbonyl (C=O) groups is 2. The van der Waals surface area contributed by atoms with Crippen LogP contribution in [0.15, 0.2) is 24.3 Å². The topological polar surface area (TPSA) is 85.7 Å². The van der Waals surface area contributed by atoms with Crippen LogP contribution in [0.2, 0.25) is 0 Å². The molecule has 1 aromatic heterocycles. The normalized spacial score (nSPS) is 17.4. The first-order chi connectivity index (χ1) is 13.6. The van der Waals surface area contributed by atoms with Crippen molar-refractivity contribution in [2.45, 2.75) is 25.3 Å². The van der Waals surface area contributed by atoms with Crippen LogP contribution >= 0.6 is 0 Å². The van der Waals surface area contributed by atoms with Crippen LogP contribution in [-0.2, 0) is 11.2 Å². The predicted octanol–water partition coefficient (Wildman–Crippen LogP) is 1.42. The van der Waals surface area contributed by atoms with Gasteiger partial charge in [-0.3, -0.25) is 4.79 Å². The number of fused-ring (bicyclic) bond motifs is 1. The Kier molecular flexibility index (Phi) is 5.04. The molecule has 28 heavy (non-hydrogen) atoms. The Bertz CT molecular complexity index is 884. The molecule has 2 aromatic rings. The van der Waals surface area contributed by atoms with Gasteiger partial charge in [-0.2, -0.15) is 5.10 Å². The molecule has 3 heterocycles. The largest absolute Gasteiger partial charge is 0.497 e. The summed E-state index contributed by atoms with van der Waals surface area (Å²) < 4.78 is 11.7. The molecule has 0 spiro atoms. The molecule has 2 aliphatic rings. The zero-order chi connectivity index (χ0) is 19.7. The van der Waals surface area contributed by atoms with Crippen LogP contribution in [0.4, 0.5) is 0 Å². The lowest BCUT2D eigenvalue weighted by Crippen LogP contribution is -2.49. The molecule has 148 valence electrons. The van der Waals surface area contributed by atoms with Crippen LogP contribution in [0.5, 0.6) is 5.75 Å². The standard InChI is InChI=1S/C20H24N4O4/c1-27-15-5-3-14(4-6-15)24-18-16(17(22-24)20(26)28-2)9-12-23(19(18)25)13-7-10-21-11-8-13/h3-6,13,21H,7-12H2,1-2H3. The molecule has 0 unspecified atom stereocenters. The fraction of sp³-hybridized carbons (Fsp3) is 0.450. The molecule has 0 atom stereocenters. The molecule has 1 N–H and O–H groups in total. The molecule has 1 amide bonds. The average Bonchev–Trinajstić information content (AvgIpc) is 3.14. The minimum absolute atomic E-state index is 0.0772. The fourth-order valence-corrected chi connectivity index (χ4v) is 4.01. The van der Waals surface area contributed by atoms with Gasteiger partial charge in [-0.1, -0.05) is 0 Å². The van der Waals surface area contributed by atoms with E-state index in [2.05, 4.69) is 10.4 Å². The van der Waals surface area contributed by atoms with Crippen LogP contribution in [0, 0.1) is 0 Å². The average molecular weight is 384 g/mol. The Morgan fingerprint density at radius 1 is 1.18 bits per heavy atom. The number of nitrogens with one attached hydrogen (secondary N) is 1. The zero-order valence-electron chi connectivity index (χ0n) is 16.1. The summed E-state index contributed by atoms with van der Waals surface area (Å²) in [6, 6.07) is 7.47. The third-order valence-corrected chi connectivity index (χ3v) is 5.49. The monoisotopic (exact) mass is 384 g/mol. The van der Waals surface area contributed by atoms with Gasteiger partial charge in [0, 0.05) is 18.2 Å². The van der Waals surface area contributed by atoms with Crippen molar-refractivity contribution in [1.29, 1.82) is 0 Å². The molecule has 1 fully saturated rings. The predicted molar refractivity (Wildman–Crippen MR) is 102 cm³/mol. The van der Waals surface area contributed by atoms with Crippen molar-refractivity contribution >= 4 is 11.9 Å². The van der Waals surface area contributed by atoms with Gasteiger partial charge in [0.2, 0.25) is 0 Å². The molecular weight excluding hydrogens is 360 g/mol. The minimum atomic E-state index is -0.522. The third-order valence-electron chi connectivity index (χ3n) is 5.49. The molecule has 0 bridgehead atoms. The van der Waals surface area contributed by atoms with E-state index in [0.717, 1.165) is 25.9 Å². The van der Waals surface area contributed by atoms with Crippen molar-refractivity contribution in [3.05, 3.63) is 41.2 Å². The number of benzene rings is 1. The molecule has 1 aromatic carbocycles. The maximum atomic E-state index is 13.4. The third kappa shape index (κ3) is 3.13. The van der Waals surface area contributed by atoms with Gasteiger partial charge in [0.1, 0.15) is 11.4 Å². The van der Waals surface area contributed by atoms with E-state index in [-0.39, 0.29) is 17.6 Å². The van der Waals surface area contributed by atoms with Crippen molar-refractivity contribution in [2.24, 2.45) is 0 Å². The highest BCUT2D eigenvalue weighted by Crippen LogP contribution is 2.29. The lowest BCUT2D eigenvalue weighted by molar-refractivity contribution is 0.0590. The Morgan fingerprint density at radius 2 is 1.89 bits per heavy atom. The minimum Gasteiger partial charge on any atom is -0.497 e. The van der Waals surface area contributed by atoms with Crippen molar-refractivity contribution in [1.82, 2.24) is 20.0 Å². The molecule has 0 saturated carbocycles. The first-order valence-electron chi connectivity index (χ1n) is 9.50.